The van der Waals surface area contributed by atoms with Crippen LogP contribution in [0.1, 0.15) is 18.4 Å². The average molecular weight is 340 g/mol. The molecule has 3 rings (SSSR count). The smallest absolute Gasteiger partial charge is 0.410 e. The Hall–Kier alpha value is -3.02. The van der Waals surface area contributed by atoms with Crippen molar-refractivity contribution in [2.75, 3.05) is 11.9 Å². The Morgan fingerprint density at radius 3 is 2.60 bits per heavy atom. The van der Waals surface area contributed by atoms with Crippen molar-refractivity contribution in [3.63, 3.8) is 0 Å². The summed E-state index contributed by atoms with van der Waals surface area (Å²) in [6.45, 7) is 0.649. The molecule has 1 aliphatic rings. The highest BCUT2D eigenvalue weighted by molar-refractivity contribution is 5.97. The van der Waals surface area contributed by atoms with E-state index in [0.717, 1.165) is 12.0 Å². The minimum Gasteiger partial charge on any atom is -0.506 e. The largest absolute Gasteiger partial charge is 0.506 e. The monoisotopic (exact) mass is 340 g/mol. The molecule has 2 amide bonds. The lowest BCUT2D eigenvalue weighted by atomic mass is 10.2. The molecule has 1 atom stereocenters. The first-order chi connectivity index (χ1) is 12.1. The third-order valence-electron chi connectivity index (χ3n) is 4.16. The number of benzene rings is 2. The molecule has 1 aliphatic heterocycles. The Balaban J connectivity index is 1.60. The summed E-state index contributed by atoms with van der Waals surface area (Å²) in [4.78, 5) is 26.3. The van der Waals surface area contributed by atoms with Gasteiger partial charge in [-0.1, -0.05) is 42.5 Å². The summed E-state index contributed by atoms with van der Waals surface area (Å²) in [5, 5.41) is 12.4. The van der Waals surface area contributed by atoms with Crippen LogP contribution in [0.4, 0.5) is 10.5 Å². The van der Waals surface area contributed by atoms with Crippen LogP contribution in [-0.2, 0) is 16.1 Å². The van der Waals surface area contributed by atoms with Gasteiger partial charge in [-0.25, -0.2) is 4.79 Å². The van der Waals surface area contributed by atoms with Gasteiger partial charge in [0.25, 0.3) is 0 Å². The molecule has 0 radical (unpaired) electrons. The van der Waals surface area contributed by atoms with Gasteiger partial charge in [-0.05, 0) is 30.5 Å². The minimum atomic E-state index is -0.595. The Bertz CT molecular complexity index is 748. The molecule has 25 heavy (non-hydrogen) atoms. The first-order valence-electron chi connectivity index (χ1n) is 8.21. The third-order valence-corrected chi connectivity index (χ3v) is 4.16. The highest BCUT2D eigenvalue weighted by atomic mass is 16.6. The highest BCUT2D eigenvalue weighted by Crippen LogP contribution is 2.25. The third kappa shape index (κ3) is 4.09. The molecule has 1 unspecified atom stereocenters. The van der Waals surface area contributed by atoms with E-state index in [1.165, 1.54) is 11.0 Å². The van der Waals surface area contributed by atoms with Gasteiger partial charge in [0, 0.05) is 6.54 Å². The van der Waals surface area contributed by atoms with E-state index in [1.54, 1.807) is 18.2 Å². The van der Waals surface area contributed by atoms with Gasteiger partial charge in [0.2, 0.25) is 5.91 Å². The molecule has 2 aromatic rings. The van der Waals surface area contributed by atoms with E-state index >= 15 is 0 Å². The molecular weight excluding hydrogens is 320 g/mol. The van der Waals surface area contributed by atoms with Crippen molar-refractivity contribution in [1.82, 2.24) is 4.90 Å². The molecule has 1 saturated heterocycles. The zero-order valence-corrected chi connectivity index (χ0v) is 13.7. The second-order valence-corrected chi connectivity index (χ2v) is 5.90. The van der Waals surface area contributed by atoms with Gasteiger partial charge in [-0.15, -0.1) is 0 Å². The number of para-hydroxylation sites is 2. The topological polar surface area (TPSA) is 78.9 Å². The quantitative estimate of drug-likeness (QED) is 0.838. The van der Waals surface area contributed by atoms with Crippen LogP contribution in [0.2, 0.25) is 0 Å². The zero-order chi connectivity index (χ0) is 17.6. The number of hydrogen-bond acceptors (Lipinski definition) is 4. The number of aromatic hydroxyl groups is 1. The van der Waals surface area contributed by atoms with E-state index < -0.39 is 12.1 Å². The number of rotatable bonds is 4. The van der Waals surface area contributed by atoms with Crippen molar-refractivity contribution in [3.05, 3.63) is 60.2 Å². The molecule has 0 aliphatic carbocycles. The number of ether oxygens (including phenoxy) is 1. The van der Waals surface area contributed by atoms with Crippen LogP contribution >= 0.6 is 0 Å². The van der Waals surface area contributed by atoms with Crippen LogP contribution in [0.25, 0.3) is 0 Å². The molecule has 6 heteroatoms. The number of hydrogen-bond donors (Lipinski definition) is 2. The van der Waals surface area contributed by atoms with Gasteiger partial charge in [0.05, 0.1) is 5.69 Å². The lowest BCUT2D eigenvalue weighted by Gasteiger charge is -2.23. The molecule has 1 fully saturated rings. The number of amides is 2. The second-order valence-electron chi connectivity index (χ2n) is 5.90. The number of phenolic OH excluding ortho intramolecular Hbond substituents is 1. The Morgan fingerprint density at radius 2 is 1.84 bits per heavy atom. The maximum absolute atomic E-state index is 12.5. The second kappa shape index (κ2) is 7.70. The Kier molecular flexibility index (Phi) is 5.18. The molecule has 2 aromatic carbocycles. The molecule has 0 aromatic heterocycles. The summed E-state index contributed by atoms with van der Waals surface area (Å²) in [6, 6.07) is 15.3. The fourth-order valence-electron chi connectivity index (χ4n) is 2.86. The van der Waals surface area contributed by atoms with Gasteiger partial charge < -0.3 is 15.2 Å². The first kappa shape index (κ1) is 16.8. The van der Waals surface area contributed by atoms with E-state index in [9.17, 15) is 14.7 Å². The van der Waals surface area contributed by atoms with Crippen molar-refractivity contribution in [1.29, 1.82) is 0 Å². The number of carbonyl (C=O) groups is 2. The summed E-state index contributed by atoms with van der Waals surface area (Å²) in [7, 11) is 0. The summed E-state index contributed by atoms with van der Waals surface area (Å²) in [6.07, 6.45) is 0.804. The standard InChI is InChI=1S/C19H20N2O4/c22-17-11-5-4-9-15(17)20-18(23)16-10-6-12-21(16)19(24)25-13-14-7-2-1-3-8-14/h1-5,7-9,11,16,22H,6,10,12-13H2,(H,20,23). The van der Waals surface area contributed by atoms with Gasteiger partial charge >= 0.3 is 6.09 Å². The van der Waals surface area contributed by atoms with E-state index in [-0.39, 0.29) is 18.3 Å². The number of anilines is 1. The van der Waals surface area contributed by atoms with Crippen molar-refractivity contribution in [3.8, 4) is 5.75 Å². The fraction of sp³-hybridized carbons (Fsp3) is 0.263. The molecule has 0 saturated carbocycles. The van der Waals surface area contributed by atoms with Gasteiger partial charge in [-0.3, -0.25) is 9.69 Å². The van der Waals surface area contributed by atoms with Gasteiger partial charge in [-0.2, -0.15) is 0 Å². The Morgan fingerprint density at radius 1 is 1.12 bits per heavy atom. The molecule has 0 bridgehead atoms. The number of likely N-dealkylation sites (tertiary alicyclic amines) is 1. The number of nitrogens with one attached hydrogen (secondary N) is 1. The highest BCUT2D eigenvalue weighted by Gasteiger charge is 2.35. The van der Waals surface area contributed by atoms with Crippen molar-refractivity contribution in [2.24, 2.45) is 0 Å². The number of carbonyl (C=O) groups excluding carboxylic acids is 2. The fourth-order valence-corrected chi connectivity index (χ4v) is 2.86. The average Bonchev–Trinajstić information content (AvgIpc) is 3.12. The van der Waals surface area contributed by atoms with Crippen molar-refractivity contribution >= 4 is 17.7 Å². The normalized spacial score (nSPS) is 16.5. The summed E-state index contributed by atoms with van der Waals surface area (Å²) >= 11 is 0. The number of nitrogens with zero attached hydrogens (tertiary/aromatic N) is 1. The summed E-state index contributed by atoms with van der Waals surface area (Å²) < 4.78 is 5.32. The molecule has 6 nitrogen and oxygen atoms in total. The van der Waals surface area contributed by atoms with Crippen LogP contribution in [0, 0.1) is 0 Å². The predicted molar refractivity (Wildman–Crippen MR) is 93.1 cm³/mol. The van der Waals surface area contributed by atoms with Crippen LogP contribution in [0.5, 0.6) is 5.75 Å². The van der Waals surface area contributed by atoms with E-state index in [0.29, 0.717) is 18.7 Å². The number of phenols is 1. The van der Waals surface area contributed by atoms with E-state index in [1.807, 2.05) is 30.3 Å². The van der Waals surface area contributed by atoms with Gasteiger partial charge in [0.1, 0.15) is 18.4 Å². The minimum absolute atomic E-state index is 0.00736. The van der Waals surface area contributed by atoms with Crippen LogP contribution in [-0.4, -0.2) is 34.6 Å². The zero-order valence-electron chi connectivity index (χ0n) is 13.7. The lowest BCUT2D eigenvalue weighted by molar-refractivity contribution is -0.120. The SMILES string of the molecule is O=C(Nc1ccccc1O)C1CCCN1C(=O)OCc1ccccc1. The lowest BCUT2D eigenvalue weighted by Crippen LogP contribution is -2.43. The maximum Gasteiger partial charge on any atom is 0.410 e. The van der Waals surface area contributed by atoms with Crippen LogP contribution in [0.15, 0.2) is 54.6 Å². The van der Waals surface area contributed by atoms with E-state index in [4.69, 9.17) is 4.74 Å². The van der Waals surface area contributed by atoms with Crippen molar-refractivity contribution in [2.45, 2.75) is 25.5 Å². The maximum atomic E-state index is 12.5. The van der Waals surface area contributed by atoms with Crippen molar-refractivity contribution < 1.29 is 19.4 Å². The summed E-state index contributed by atoms with van der Waals surface area (Å²) in [5.74, 6) is -0.331. The van der Waals surface area contributed by atoms with Crippen LogP contribution < -0.4 is 5.32 Å². The molecule has 1 heterocycles. The molecule has 0 spiro atoms. The van der Waals surface area contributed by atoms with E-state index in [2.05, 4.69) is 5.32 Å². The van der Waals surface area contributed by atoms with Gasteiger partial charge in [0.15, 0.2) is 0 Å². The summed E-state index contributed by atoms with van der Waals surface area (Å²) in [5.41, 5.74) is 1.22. The molecular formula is C19H20N2O4. The first-order valence-corrected chi connectivity index (χ1v) is 8.21. The molecule has 2 N–H and O–H groups in total. The predicted octanol–water partition coefficient (Wildman–Crippen LogP) is 3.13. The Labute approximate surface area is 146 Å². The van der Waals surface area contributed by atoms with Crippen LogP contribution in [0.3, 0.4) is 0 Å². The molecule has 130 valence electrons.